The van der Waals surface area contributed by atoms with Gasteiger partial charge in [0.15, 0.2) is 5.82 Å². The summed E-state index contributed by atoms with van der Waals surface area (Å²) < 4.78 is 18.6. The van der Waals surface area contributed by atoms with Crippen molar-refractivity contribution in [3.8, 4) is 21.8 Å². The van der Waals surface area contributed by atoms with Crippen LogP contribution in [0.5, 0.6) is 0 Å². The van der Waals surface area contributed by atoms with Crippen LogP contribution in [-0.2, 0) is 4.74 Å². The first-order valence-electron chi connectivity index (χ1n) is 8.41. The molecule has 0 radical (unpaired) electrons. The summed E-state index contributed by atoms with van der Waals surface area (Å²) in [6.45, 7) is 8.61. The van der Waals surface area contributed by atoms with E-state index in [4.69, 9.17) is 34.5 Å². The van der Waals surface area contributed by atoms with Crippen molar-refractivity contribution < 1.29 is 9.13 Å². The number of nitrogens with one attached hydrogen (secondary N) is 1. The summed E-state index contributed by atoms with van der Waals surface area (Å²) in [5.41, 5.74) is 1.79. The fourth-order valence-electron chi connectivity index (χ4n) is 3.15. The summed E-state index contributed by atoms with van der Waals surface area (Å²) in [6.07, 6.45) is 0.971. The second-order valence-corrected chi connectivity index (χ2v) is 7.97. The minimum absolute atomic E-state index is 0.378. The maximum absolute atomic E-state index is 13.2. The van der Waals surface area contributed by atoms with E-state index in [0.29, 0.717) is 52.4 Å². The molecular formula is C18H14Cl2FN5OS. The number of halogens is 3. The van der Waals surface area contributed by atoms with E-state index in [0.717, 1.165) is 9.88 Å². The highest BCUT2D eigenvalue weighted by Gasteiger charge is 2.30. The highest BCUT2D eigenvalue weighted by Crippen LogP contribution is 2.53. The zero-order valence-electron chi connectivity index (χ0n) is 14.5. The number of rotatable bonds is 4. The minimum Gasteiger partial charge on any atom is -0.372 e. The molecule has 0 saturated carbocycles. The van der Waals surface area contributed by atoms with Crippen molar-refractivity contribution in [1.29, 1.82) is 0 Å². The monoisotopic (exact) mass is 437 g/mol. The summed E-state index contributed by atoms with van der Waals surface area (Å²) in [5, 5.41) is 9.66. The quantitative estimate of drug-likeness (QED) is 0.567. The lowest BCUT2D eigenvalue weighted by Crippen LogP contribution is -2.43. The molecule has 1 saturated heterocycles. The Morgan fingerprint density at radius 1 is 1.43 bits per heavy atom. The third kappa shape index (κ3) is 3.47. The molecule has 1 aliphatic heterocycles. The molecule has 1 N–H and O–H groups in total. The van der Waals surface area contributed by atoms with Gasteiger partial charge >= 0.3 is 0 Å². The Kier molecular flexibility index (Phi) is 5.51. The van der Waals surface area contributed by atoms with Crippen molar-refractivity contribution >= 4 is 45.2 Å². The van der Waals surface area contributed by atoms with Gasteiger partial charge in [-0.2, -0.15) is 0 Å². The fraction of sp³-hybridized carbons (Fsp3) is 0.278. The minimum atomic E-state index is -0.569. The first-order valence-corrected chi connectivity index (χ1v) is 9.98. The summed E-state index contributed by atoms with van der Waals surface area (Å²) >= 11 is 13.9. The second-order valence-electron chi connectivity index (χ2n) is 6.13. The molecule has 1 aliphatic rings. The molecule has 3 heterocycles. The molecule has 0 unspecified atom stereocenters. The number of H-pyrrole nitrogens is 1. The zero-order valence-corrected chi connectivity index (χ0v) is 16.8. The van der Waals surface area contributed by atoms with Crippen LogP contribution in [0.3, 0.4) is 0 Å². The molecule has 6 nitrogen and oxygen atoms in total. The van der Waals surface area contributed by atoms with Crippen LogP contribution >= 0.6 is 34.5 Å². The largest absolute Gasteiger partial charge is 0.372 e. The van der Waals surface area contributed by atoms with Crippen LogP contribution in [0, 0.1) is 6.57 Å². The van der Waals surface area contributed by atoms with E-state index in [2.05, 4.69) is 20.0 Å². The van der Waals surface area contributed by atoms with Crippen LogP contribution in [-0.4, -0.2) is 47.7 Å². The molecule has 1 atom stereocenters. The number of hydrogen-bond acceptors (Lipinski definition) is 5. The van der Waals surface area contributed by atoms with Crippen LogP contribution in [0.2, 0.25) is 10.0 Å². The summed E-state index contributed by atoms with van der Waals surface area (Å²) in [7, 11) is 0. The number of alkyl halides is 1. The SMILES string of the molecule is [C-]#[N+]c1c(N2CCO[C@@H](CF)C2)sc(-c2nnc[nH]2)c1-c1ccc(Cl)cc1Cl. The maximum atomic E-state index is 13.2. The van der Waals surface area contributed by atoms with Crippen LogP contribution in [0.25, 0.3) is 26.7 Å². The Bertz CT molecular complexity index is 1030. The van der Waals surface area contributed by atoms with Crippen LogP contribution in [0.15, 0.2) is 24.5 Å². The molecule has 0 bridgehead atoms. The number of thiophene rings is 1. The van der Waals surface area contributed by atoms with Crippen molar-refractivity contribution in [3.63, 3.8) is 0 Å². The van der Waals surface area contributed by atoms with E-state index in [-0.39, 0.29) is 0 Å². The normalized spacial score (nSPS) is 16.9. The van der Waals surface area contributed by atoms with Gasteiger partial charge in [0.25, 0.3) is 0 Å². The van der Waals surface area contributed by atoms with Gasteiger partial charge < -0.3 is 14.6 Å². The number of morpholine rings is 1. The van der Waals surface area contributed by atoms with Crippen LogP contribution in [0.1, 0.15) is 0 Å². The van der Waals surface area contributed by atoms with Gasteiger partial charge in [-0.1, -0.05) is 29.3 Å². The molecule has 1 fully saturated rings. The molecule has 1 aromatic carbocycles. The lowest BCUT2D eigenvalue weighted by atomic mass is 10.0. The smallest absolute Gasteiger partial charge is 0.229 e. The topological polar surface area (TPSA) is 58.4 Å². The highest BCUT2D eigenvalue weighted by molar-refractivity contribution is 7.20. The summed E-state index contributed by atoms with van der Waals surface area (Å²) in [5.74, 6) is 0.539. The Morgan fingerprint density at radius 2 is 2.29 bits per heavy atom. The van der Waals surface area contributed by atoms with E-state index in [1.165, 1.54) is 17.7 Å². The first kappa shape index (κ1) is 19.2. The van der Waals surface area contributed by atoms with Gasteiger partial charge in [-0.05, 0) is 17.7 Å². The number of aromatic nitrogens is 3. The first-order chi connectivity index (χ1) is 13.6. The van der Waals surface area contributed by atoms with E-state index in [1.807, 2.05) is 4.90 Å². The van der Waals surface area contributed by atoms with Crippen molar-refractivity contribution in [2.45, 2.75) is 6.10 Å². The molecule has 3 aromatic rings. The average Bonchev–Trinajstić information content (AvgIpc) is 3.35. The van der Waals surface area contributed by atoms with Crippen molar-refractivity contribution in [2.24, 2.45) is 0 Å². The zero-order chi connectivity index (χ0) is 19.7. The number of aromatic amines is 1. The van der Waals surface area contributed by atoms with Gasteiger partial charge in [-0.3, -0.25) is 0 Å². The molecule has 28 heavy (non-hydrogen) atoms. The predicted molar refractivity (Wildman–Crippen MR) is 109 cm³/mol. The van der Waals surface area contributed by atoms with E-state index in [9.17, 15) is 4.39 Å². The van der Waals surface area contributed by atoms with Crippen molar-refractivity contribution in [1.82, 2.24) is 15.2 Å². The van der Waals surface area contributed by atoms with Gasteiger partial charge in [0.1, 0.15) is 19.1 Å². The van der Waals surface area contributed by atoms with Gasteiger partial charge in [0, 0.05) is 28.7 Å². The lowest BCUT2D eigenvalue weighted by molar-refractivity contribution is 0.0250. The second kappa shape index (κ2) is 8.05. The van der Waals surface area contributed by atoms with Crippen molar-refractivity contribution in [2.75, 3.05) is 31.3 Å². The van der Waals surface area contributed by atoms with Gasteiger partial charge in [0.05, 0.1) is 23.1 Å². The lowest BCUT2D eigenvalue weighted by Gasteiger charge is -2.32. The fourth-order valence-corrected chi connectivity index (χ4v) is 4.89. The predicted octanol–water partition coefficient (Wildman–Crippen LogP) is 5.23. The molecule has 0 spiro atoms. The third-order valence-corrected chi connectivity index (χ3v) is 6.20. The summed E-state index contributed by atoms with van der Waals surface area (Å²) in [4.78, 5) is 9.52. The Labute approximate surface area is 174 Å². The third-order valence-electron chi connectivity index (χ3n) is 4.41. The van der Waals surface area contributed by atoms with Crippen LogP contribution < -0.4 is 4.90 Å². The summed E-state index contributed by atoms with van der Waals surface area (Å²) in [6, 6.07) is 5.15. The Balaban J connectivity index is 1.91. The number of anilines is 1. The van der Waals surface area contributed by atoms with Crippen LogP contribution in [0.4, 0.5) is 15.1 Å². The van der Waals surface area contributed by atoms with E-state index < -0.39 is 12.8 Å². The number of hydrogen-bond donors (Lipinski definition) is 1. The number of benzene rings is 1. The van der Waals surface area contributed by atoms with E-state index in [1.54, 1.807) is 18.2 Å². The standard InChI is InChI=1S/C18H14Cl2FN5OS/c1-22-15-14(12-3-2-10(19)6-13(12)20)16(17-23-9-24-25-17)28-18(15)26-4-5-27-11(7-21)8-26/h2-3,6,9,11H,4-5,7-8H2,(H,23,24,25)/t11-/m0/s1. The molecule has 144 valence electrons. The Morgan fingerprint density at radius 3 is 2.96 bits per heavy atom. The number of ether oxygens (including phenoxy) is 1. The molecule has 2 aromatic heterocycles. The van der Waals surface area contributed by atoms with Gasteiger partial charge in [0.2, 0.25) is 5.69 Å². The van der Waals surface area contributed by atoms with Gasteiger partial charge in [-0.25, -0.2) is 9.24 Å². The highest BCUT2D eigenvalue weighted by atomic mass is 35.5. The van der Waals surface area contributed by atoms with E-state index >= 15 is 0 Å². The Hall–Kier alpha value is -2.18. The average molecular weight is 438 g/mol. The number of nitrogens with zero attached hydrogens (tertiary/aromatic N) is 4. The van der Waals surface area contributed by atoms with Crippen molar-refractivity contribution in [3.05, 3.63) is 46.0 Å². The molecule has 4 rings (SSSR count). The maximum Gasteiger partial charge on any atom is 0.229 e. The molecule has 0 amide bonds. The molecule has 10 heteroatoms. The molecular weight excluding hydrogens is 424 g/mol. The molecule has 0 aliphatic carbocycles. The van der Waals surface area contributed by atoms with Gasteiger partial charge in [-0.15, -0.1) is 21.5 Å².